The summed E-state index contributed by atoms with van der Waals surface area (Å²) < 4.78 is 14.0. The highest BCUT2D eigenvalue weighted by Crippen LogP contribution is 2.47. The number of fused-ring (bicyclic) bond motifs is 1. The first-order chi connectivity index (χ1) is 12.2. The molecule has 5 heteroatoms. The number of amides is 1. The van der Waals surface area contributed by atoms with Gasteiger partial charge in [-0.25, -0.2) is 9.82 Å². The molecule has 2 aromatic carbocycles. The largest absolute Gasteiger partial charge is 0.273 e. The quantitative estimate of drug-likeness (QED) is 0.585. The summed E-state index contributed by atoms with van der Waals surface area (Å²) in [5.41, 5.74) is 4.63. The summed E-state index contributed by atoms with van der Waals surface area (Å²) in [7, 11) is 0. The van der Waals surface area contributed by atoms with Crippen molar-refractivity contribution in [1.29, 1.82) is 0 Å². The van der Waals surface area contributed by atoms with Crippen LogP contribution in [-0.4, -0.2) is 17.1 Å². The second kappa shape index (κ2) is 6.43. The standard InChI is InChI=1S/C20H16FN3O/c21-18-10-13(9-15-7-4-8-22-19(15)18)12-23-24-20(25)17-11-16(17)14-5-2-1-3-6-14/h1-10,12,16-17H,11H2,(H,24,25)/b23-12-. The SMILES string of the molecule is O=C(N/N=C\c1cc(F)c2ncccc2c1)C1CC1c1ccccc1. The van der Waals surface area contributed by atoms with Crippen LogP contribution in [0.4, 0.5) is 4.39 Å². The van der Waals surface area contributed by atoms with Crippen LogP contribution in [-0.2, 0) is 4.79 Å². The molecule has 4 rings (SSSR count). The molecule has 3 aromatic rings. The number of aromatic nitrogens is 1. The van der Waals surface area contributed by atoms with E-state index in [1.165, 1.54) is 17.8 Å². The van der Waals surface area contributed by atoms with Gasteiger partial charge < -0.3 is 0 Å². The summed E-state index contributed by atoms with van der Waals surface area (Å²) >= 11 is 0. The Labute approximate surface area is 144 Å². The Morgan fingerprint density at radius 3 is 2.88 bits per heavy atom. The minimum absolute atomic E-state index is 0.0444. The van der Waals surface area contributed by atoms with E-state index in [4.69, 9.17) is 0 Å². The summed E-state index contributed by atoms with van der Waals surface area (Å²) in [6.45, 7) is 0. The summed E-state index contributed by atoms with van der Waals surface area (Å²) in [5.74, 6) is -0.289. The molecule has 1 aliphatic rings. The normalized spacial score (nSPS) is 19.2. The fourth-order valence-corrected chi connectivity index (χ4v) is 3.05. The molecular weight excluding hydrogens is 317 g/mol. The van der Waals surface area contributed by atoms with Crippen molar-refractivity contribution in [2.45, 2.75) is 12.3 Å². The molecule has 2 atom stereocenters. The highest BCUT2D eigenvalue weighted by Gasteiger charge is 2.43. The van der Waals surface area contributed by atoms with Gasteiger partial charge in [-0.3, -0.25) is 9.78 Å². The van der Waals surface area contributed by atoms with E-state index in [9.17, 15) is 9.18 Å². The van der Waals surface area contributed by atoms with E-state index in [0.29, 0.717) is 16.5 Å². The Morgan fingerprint density at radius 2 is 2.04 bits per heavy atom. The number of pyridine rings is 1. The summed E-state index contributed by atoms with van der Waals surface area (Å²) in [5, 5.41) is 4.66. The van der Waals surface area contributed by atoms with E-state index in [1.807, 2.05) is 30.3 Å². The van der Waals surface area contributed by atoms with Gasteiger partial charge in [0.2, 0.25) is 5.91 Å². The van der Waals surface area contributed by atoms with Crippen LogP contribution in [0.3, 0.4) is 0 Å². The van der Waals surface area contributed by atoms with Crippen LogP contribution in [0, 0.1) is 11.7 Å². The van der Waals surface area contributed by atoms with Crippen LogP contribution in [0.5, 0.6) is 0 Å². The maximum absolute atomic E-state index is 14.0. The van der Waals surface area contributed by atoms with Crippen molar-refractivity contribution in [3.05, 3.63) is 77.7 Å². The first kappa shape index (κ1) is 15.4. The van der Waals surface area contributed by atoms with Gasteiger partial charge in [-0.2, -0.15) is 5.10 Å². The van der Waals surface area contributed by atoms with Crippen molar-refractivity contribution in [3.8, 4) is 0 Å². The lowest BCUT2D eigenvalue weighted by molar-refractivity contribution is -0.122. The molecule has 0 spiro atoms. The third-order valence-corrected chi connectivity index (χ3v) is 4.42. The second-order valence-electron chi connectivity index (χ2n) is 6.17. The lowest BCUT2D eigenvalue weighted by Crippen LogP contribution is -2.20. The number of carbonyl (C=O) groups is 1. The van der Waals surface area contributed by atoms with Crippen LogP contribution in [0.15, 0.2) is 65.9 Å². The first-order valence-corrected chi connectivity index (χ1v) is 8.14. The minimum Gasteiger partial charge on any atom is -0.273 e. The summed E-state index contributed by atoms with van der Waals surface area (Å²) in [6.07, 6.45) is 3.84. The minimum atomic E-state index is -0.405. The smallest absolute Gasteiger partial charge is 0.243 e. The van der Waals surface area contributed by atoms with Gasteiger partial charge in [0.15, 0.2) is 0 Å². The zero-order valence-corrected chi connectivity index (χ0v) is 13.4. The first-order valence-electron chi connectivity index (χ1n) is 8.14. The van der Waals surface area contributed by atoms with Crippen molar-refractivity contribution in [2.75, 3.05) is 0 Å². The third kappa shape index (κ3) is 3.26. The Bertz CT molecular complexity index is 956. The van der Waals surface area contributed by atoms with Crippen molar-refractivity contribution in [1.82, 2.24) is 10.4 Å². The second-order valence-corrected chi connectivity index (χ2v) is 6.17. The summed E-state index contributed by atoms with van der Waals surface area (Å²) in [6, 6.07) is 16.7. The van der Waals surface area contributed by atoms with Gasteiger partial charge >= 0.3 is 0 Å². The Hall–Kier alpha value is -3.08. The maximum atomic E-state index is 14.0. The number of halogens is 1. The van der Waals surface area contributed by atoms with Crippen molar-refractivity contribution < 1.29 is 9.18 Å². The molecule has 1 aliphatic carbocycles. The molecule has 124 valence electrons. The number of hydrogen-bond donors (Lipinski definition) is 1. The topological polar surface area (TPSA) is 54.4 Å². The van der Waals surface area contributed by atoms with E-state index in [2.05, 4.69) is 15.5 Å². The van der Waals surface area contributed by atoms with E-state index in [1.54, 1.807) is 24.4 Å². The molecule has 1 fully saturated rings. The van der Waals surface area contributed by atoms with Gasteiger partial charge in [-0.05, 0) is 41.7 Å². The molecule has 1 heterocycles. The Kier molecular flexibility index (Phi) is 3.98. The summed E-state index contributed by atoms with van der Waals surface area (Å²) in [4.78, 5) is 16.2. The van der Waals surface area contributed by atoms with Crippen LogP contribution in [0.2, 0.25) is 0 Å². The van der Waals surface area contributed by atoms with E-state index in [0.717, 1.165) is 6.42 Å². The molecule has 1 aromatic heterocycles. The highest BCUT2D eigenvalue weighted by atomic mass is 19.1. The maximum Gasteiger partial charge on any atom is 0.243 e. The average molecular weight is 333 g/mol. The number of rotatable bonds is 4. The van der Waals surface area contributed by atoms with Gasteiger partial charge in [0.1, 0.15) is 11.3 Å². The molecule has 1 N–H and O–H groups in total. The molecule has 25 heavy (non-hydrogen) atoms. The number of carbonyl (C=O) groups excluding carboxylic acids is 1. The molecule has 0 radical (unpaired) electrons. The molecule has 4 nitrogen and oxygen atoms in total. The predicted octanol–water partition coefficient (Wildman–Crippen LogP) is 3.63. The van der Waals surface area contributed by atoms with E-state index >= 15 is 0 Å². The number of nitrogens with zero attached hydrogens (tertiary/aromatic N) is 2. The van der Waals surface area contributed by atoms with Gasteiger partial charge in [-0.15, -0.1) is 0 Å². The fraction of sp³-hybridized carbons (Fsp3) is 0.150. The molecular formula is C20H16FN3O. The molecule has 2 unspecified atom stereocenters. The lowest BCUT2D eigenvalue weighted by Gasteiger charge is -2.02. The van der Waals surface area contributed by atoms with E-state index < -0.39 is 5.82 Å². The number of nitrogens with one attached hydrogen (secondary N) is 1. The van der Waals surface area contributed by atoms with Crippen molar-refractivity contribution in [3.63, 3.8) is 0 Å². The Balaban J connectivity index is 1.41. The zero-order valence-electron chi connectivity index (χ0n) is 13.4. The van der Waals surface area contributed by atoms with Crippen LogP contribution in [0.1, 0.15) is 23.5 Å². The van der Waals surface area contributed by atoms with Crippen molar-refractivity contribution in [2.24, 2.45) is 11.0 Å². The lowest BCUT2D eigenvalue weighted by atomic mass is 10.1. The van der Waals surface area contributed by atoms with Crippen LogP contribution in [0.25, 0.3) is 10.9 Å². The molecule has 0 aliphatic heterocycles. The van der Waals surface area contributed by atoms with Gasteiger partial charge in [0, 0.05) is 17.5 Å². The van der Waals surface area contributed by atoms with Crippen LogP contribution < -0.4 is 5.43 Å². The van der Waals surface area contributed by atoms with Gasteiger partial charge in [-0.1, -0.05) is 36.4 Å². The predicted molar refractivity (Wildman–Crippen MR) is 94.7 cm³/mol. The molecule has 1 saturated carbocycles. The fourth-order valence-electron chi connectivity index (χ4n) is 3.05. The average Bonchev–Trinajstić information content (AvgIpc) is 3.43. The van der Waals surface area contributed by atoms with Gasteiger partial charge in [0.05, 0.1) is 6.21 Å². The molecule has 1 amide bonds. The Morgan fingerprint density at radius 1 is 1.20 bits per heavy atom. The molecule has 0 saturated heterocycles. The van der Waals surface area contributed by atoms with Crippen LogP contribution >= 0.6 is 0 Å². The third-order valence-electron chi connectivity index (χ3n) is 4.42. The number of benzene rings is 2. The highest BCUT2D eigenvalue weighted by molar-refractivity contribution is 5.90. The van der Waals surface area contributed by atoms with Gasteiger partial charge in [0.25, 0.3) is 0 Å². The monoisotopic (exact) mass is 333 g/mol. The number of hydrogen-bond acceptors (Lipinski definition) is 3. The molecule has 0 bridgehead atoms. The zero-order chi connectivity index (χ0) is 17.2. The number of hydrazone groups is 1. The van der Waals surface area contributed by atoms with Crippen molar-refractivity contribution >= 4 is 23.0 Å². The van der Waals surface area contributed by atoms with E-state index in [-0.39, 0.29) is 17.7 Å².